The monoisotopic (exact) mass is 426 g/mol. The van der Waals surface area contributed by atoms with Crippen LogP contribution in [-0.4, -0.2) is 47.8 Å². The van der Waals surface area contributed by atoms with Crippen molar-refractivity contribution in [3.63, 3.8) is 0 Å². The summed E-state index contributed by atoms with van der Waals surface area (Å²) in [5.41, 5.74) is 1.57. The standard InChI is InChI=1S/C14H10O5S.C9H14N/c15-13(16)9-1-5-11(6-2-9)20(19)12-7-3-10(4-8-12)14(17)18;1-10(2,3)9-7-5-4-6-8-9/h1-8H,(H,15,16)(H,17,18);4-8H,1-3H3/q;+1. The molecule has 30 heavy (non-hydrogen) atoms. The summed E-state index contributed by atoms with van der Waals surface area (Å²) in [7, 11) is 6.49. The molecule has 0 saturated heterocycles. The number of carboxylic acid groups (broad SMARTS) is 2. The van der Waals surface area contributed by atoms with Gasteiger partial charge in [-0.3, -0.25) is 4.48 Å². The molecule has 156 valence electrons. The highest BCUT2D eigenvalue weighted by atomic mass is 32.2. The Kier molecular flexibility index (Phi) is 7.77. The first kappa shape index (κ1) is 23.2. The number of carboxylic acids is 2. The molecule has 2 N–H and O–H groups in total. The van der Waals surface area contributed by atoms with Crippen LogP contribution in [0.1, 0.15) is 20.7 Å². The Balaban J connectivity index is 0.000000269. The first-order valence-electron chi connectivity index (χ1n) is 9.05. The van der Waals surface area contributed by atoms with Gasteiger partial charge < -0.3 is 14.8 Å². The highest BCUT2D eigenvalue weighted by molar-refractivity contribution is 7.91. The van der Waals surface area contributed by atoms with E-state index in [0.717, 1.165) is 4.48 Å². The molecule has 0 aliphatic heterocycles. The van der Waals surface area contributed by atoms with Crippen LogP contribution in [0.25, 0.3) is 0 Å². The second kappa shape index (κ2) is 10.1. The van der Waals surface area contributed by atoms with Gasteiger partial charge in [-0.25, -0.2) is 9.59 Å². The van der Waals surface area contributed by atoms with Crippen LogP contribution < -0.4 is 4.48 Å². The molecule has 0 bridgehead atoms. The van der Waals surface area contributed by atoms with E-state index in [9.17, 15) is 14.1 Å². The van der Waals surface area contributed by atoms with Gasteiger partial charge in [-0.15, -0.1) is 0 Å². The normalized spacial score (nSPS) is 10.8. The van der Waals surface area contributed by atoms with Crippen molar-refractivity contribution in [2.45, 2.75) is 9.79 Å². The number of benzene rings is 3. The van der Waals surface area contributed by atoms with Crippen molar-refractivity contribution in [3.05, 3.63) is 90.0 Å². The first-order valence-corrected chi connectivity index (χ1v) is 10.2. The molecule has 3 rings (SSSR count). The smallest absolute Gasteiger partial charge is 0.335 e. The Hall–Kier alpha value is -3.13. The summed E-state index contributed by atoms with van der Waals surface area (Å²) in [5.74, 6) is -2.10. The van der Waals surface area contributed by atoms with Crippen LogP contribution in [0.4, 0.5) is 5.69 Å². The van der Waals surface area contributed by atoms with Gasteiger partial charge >= 0.3 is 11.9 Å². The maximum absolute atomic E-state index is 12.2. The maximum atomic E-state index is 12.2. The zero-order valence-electron chi connectivity index (χ0n) is 17.0. The van der Waals surface area contributed by atoms with Crippen molar-refractivity contribution in [1.29, 1.82) is 0 Å². The molecule has 0 aliphatic rings. The quantitative estimate of drug-likeness (QED) is 0.472. The second-order valence-electron chi connectivity index (χ2n) is 7.28. The van der Waals surface area contributed by atoms with E-state index in [4.69, 9.17) is 10.2 Å². The van der Waals surface area contributed by atoms with Crippen LogP contribution in [0.3, 0.4) is 0 Å². The average molecular weight is 427 g/mol. The van der Waals surface area contributed by atoms with Crippen molar-refractivity contribution in [1.82, 2.24) is 4.48 Å². The van der Waals surface area contributed by atoms with Gasteiger partial charge in [0.25, 0.3) is 0 Å². The zero-order valence-corrected chi connectivity index (χ0v) is 17.8. The van der Waals surface area contributed by atoms with E-state index in [1.807, 2.05) is 6.07 Å². The SMILES string of the molecule is C[N+](C)(C)c1ccccc1.O=C(O)c1ccc([S+]([O-])c2ccc(C(=O)O)cc2)cc1. The van der Waals surface area contributed by atoms with Gasteiger partial charge in [0.2, 0.25) is 0 Å². The third kappa shape index (κ3) is 6.45. The van der Waals surface area contributed by atoms with E-state index in [1.54, 1.807) is 0 Å². The Morgan fingerprint density at radius 3 is 1.33 bits per heavy atom. The van der Waals surface area contributed by atoms with Crippen molar-refractivity contribution in [3.8, 4) is 0 Å². The average Bonchev–Trinajstić information content (AvgIpc) is 2.74. The molecular weight excluding hydrogens is 402 g/mol. The molecule has 0 heterocycles. The molecule has 0 aromatic heterocycles. The van der Waals surface area contributed by atoms with Gasteiger partial charge in [0, 0.05) is 11.2 Å². The van der Waals surface area contributed by atoms with Gasteiger partial charge in [0.1, 0.15) is 5.69 Å². The predicted octanol–water partition coefficient (Wildman–Crippen LogP) is 4.13. The molecule has 0 spiro atoms. The molecule has 0 amide bonds. The van der Waals surface area contributed by atoms with Crippen LogP contribution in [0.5, 0.6) is 0 Å². The summed E-state index contributed by atoms with van der Waals surface area (Å²) < 4.78 is 13.1. The molecule has 6 nitrogen and oxygen atoms in total. The molecule has 0 unspecified atom stereocenters. The van der Waals surface area contributed by atoms with Crippen molar-refractivity contribution < 1.29 is 24.4 Å². The van der Waals surface area contributed by atoms with Crippen LogP contribution in [0, 0.1) is 0 Å². The van der Waals surface area contributed by atoms with Crippen LogP contribution in [0.15, 0.2) is 88.7 Å². The number of quaternary nitrogens is 1. The maximum Gasteiger partial charge on any atom is 0.335 e. The van der Waals surface area contributed by atoms with Crippen LogP contribution in [0.2, 0.25) is 0 Å². The summed E-state index contributed by atoms with van der Waals surface area (Å²) in [5, 5.41) is 17.6. The van der Waals surface area contributed by atoms with E-state index < -0.39 is 23.1 Å². The summed E-state index contributed by atoms with van der Waals surface area (Å²) in [6.07, 6.45) is 0. The number of aromatic carboxylic acids is 2. The minimum atomic E-state index is -1.48. The molecule has 0 fully saturated rings. The molecule has 3 aromatic carbocycles. The lowest BCUT2D eigenvalue weighted by molar-refractivity contribution is 0.0686. The lowest BCUT2D eigenvalue weighted by Crippen LogP contribution is -2.34. The van der Waals surface area contributed by atoms with Crippen molar-refractivity contribution >= 4 is 28.8 Å². The van der Waals surface area contributed by atoms with Crippen molar-refractivity contribution in [2.24, 2.45) is 0 Å². The summed E-state index contributed by atoms with van der Waals surface area (Å²) in [6, 6.07) is 21.9. The third-order valence-corrected chi connectivity index (χ3v) is 5.56. The topological polar surface area (TPSA) is 97.7 Å². The van der Waals surface area contributed by atoms with Crippen molar-refractivity contribution in [2.75, 3.05) is 21.1 Å². The Morgan fingerprint density at radius 2 is 1.07 bits per heavy atom. The van der Waals surface area contributed by atoms with Gasteiger partial charge in [-0.2, -0.15) is 0 Å². The van der Waals surface area contributed by atoms with Crippen LogP contribution in [-0.2, 0) is 11.2 Å². The van der Waals surface area contributed by atoms with E-state index in [-0.39, 0.29) is 11.1 Å². The number of nitrogens with zero attached hydrogens (tertiary/aromatic N) is 1. The fourth-order valence-corrected chi connectivity index (χ4v) is 3.49. The minimum absolute atomic E-state index is 0.118. The summed E-state index contributed by atoms with van der Waals surface area (Å²) >= 11 is -1.48. The number of rotatable bonds is 5. The molecule has 0 radical (unpaired) electrons. The van der Waals surface area contributed by atoms with Gasteiger partial charge in [0.05, 0.1) is 32.3 Å². The molecular formula is C23H24NO5S+. The Bertz CT molecular complexity index is 923. The molecule has 3 aromatic rings. The summed E-state index contributed by atoms with van der Waals surface area (Å²) in [6.45, 7) is 0. The molecule has 0 saturated carbocycles. The Labute approximate surface area is 178 Å². The number of hydrogen-bond donors (Lipinski definition) is 2. The number of para-hydroxylation sites is 1. The van der Waals surface area contributed by atoms with Gasteiger partial charge in [0.15, 0.2) is 9.79 Å². The third-order valence-electron chi connectivity index (χ3n) is 4.16. The van der Waals surface area contributed by atoms with E-state index in [0.29, 0.717) is 9.79 Å². The second-order valence-corrected chi connectivity index (χ2v) is 8.76. The van der Waals surface area contributed by atoms with E-state index in [2.05, 4.69) is 45.4 Å². The zero-order chi connectivity index (χ0) is 22.3. The predicted molar refractivity (Wildman–Crippen MR) is 117 cm³/mol. The number of hydrogen-bond acceptors (Lipinski definition) is 3. The lowest BCUT2D eigenvalue weighted by atomic mass is 10.2. The van der Waals surface area contributed by atoms with Crippen LogP contribution >= 0.6 is 0 Å². The molecule has 7 heteroatoms. The fraction of sp³-hybridized carbons (Fsp3) is 0.130. The fourth-order valence-electron chi connectivity index (χ4n) is 2.45. The van der Waals surface area contributed by atoms with E-state index in [1.165, 1.54) is 54.2 Å². The Morgan fingerprint density at radius 1 is 0.700 bits per heavy atom. The van der Waals surface area contributed by atoms with Gasteiger partial charge in [-0.05, 0) is 60.7 Å². The highest BCUT2D eigenvalue weighted by Gasteiger charge is 2.16. The molecule has 0 aliphatic carbocycles. The molecule has 0 atom stereocenters. The van der Waals surface area contributed by atoms with E-state index >= 15 is 0 Å². The van der Waals surface area contributed by atoms with Gasteiger partial charge in [-0.1, -0.05) is 18.2 Å². The lowest BCUT2D eigenvalue weighted by Gasteiger charge is -2.22. The highest BCUT2D eigenvalue weighted by Crippen LogP contribution is 2.21. The summed E-state index contributed by atoms with van der Waals surface area (Å²) in [4.78, 5) is 22.4. The largest absolute Gasteiger partial charge is 0.606 e. The minimum Gasteiger partial charge on any atom is -0.606 e. The first-order chi connectivity index (χ1) is 14.1. The number of carbonyl (C=O) groups is 2.